The summed E-state index contributed by atoms with van der Waals surface area (Å²) in [4.78, 5) is 0. The highest BCUT2D eigenvalue weighted by molar-refractivity contribution is 7.80. The first kappa shape index (κ1) is 16.0. The van der Waals surface area contributed by atoms with Crippen LogP contribution in [0.1, 0.15) is 11.1 Å². The van der Waals surface area contributed by atoms with Crippen molar-refractivity contribution in [1.29, 1.82) is 0 Å². The van der Waals surface area contributed by atoms with Gasteiger partial charge in [-0.1, -0.05) is 6.07 Å². The maximum absolute atomic E-state index is 12.6. The first-order chi connectivity index (χ1) is 10.3. The number of hydrogen-bond donors (Lipinski definition) is 2. The number of nitrogens with one attached hydrogen (secondary N) is 2. The molecular weight excluding hydrogens is 315 g/mol. The average Bonchev–Trinajstić information content (AvgIpc) is 2.84. The summed E-state index contributed by atoms with van der Waals surface area (Å²) in [5.74, 6) is 0. The van der Waals surface area contributed by atoms with Gasteiger partial charge in [-0.2, -0.15) is 23.4 Å². The van der Waals surface area contributed by atoms with Crippen LogP contribution in [0.25, 0.3) is 0 Å². The molecule has 1 heterocycles. The van der Waals surface area contributed by atoms with Crippen molar-refractivity contribution in [3.05, 3.63) is 47.8 Å². The van der Waals surface area contributed by atoms with Crippen LogP contribution in [0.3, 0.4) is 0 Å². The Morgan fingerprint density at radius 1 is 1.41 bits per heavy atom. The van der Waals surface area contributed by atoms with E-state index in [4.69, 9.17) is 12.2 Å². The lowest BCUT2D eigenvalue weighted by molar-refractivity contribution is -0.137. The van der Waals surface area contributed by atoms with E-state index in [2.05, 4.69) is 20.9 Å². The number of aryl methyl sites for hydroxylation is 1. The van der Waals surface area contributed by atoms with Crippen LogP contribution in [0.5, 0.6) is 0 Å². The zero-order valence-corrected chi connectivity index (χ0v) is 12.2. The number of hydrogen-bond acceptors (Lipinski definition) is 3. The van der Waals surface area contributed by atoms with Crippen LogP contribution in [0.15, 0.2) is 41.8 Å². The number of halogens is 3. The Bertz CT molecular complexity index is 693. The molecule has 2 aromatic rings. The number of thiocarbonyl (C=S) groups is 1. The van der Waals surface area contributed by atoms with Gasteiger partial charge in [-0.3, -0.25) is 10.1 Å². The molecule has 22 heavy (non-hydrogen) atoms. The zero-order valence-electron chi connectivity index (χ0n) is 11.4. The molecule has 0 aliphatic rings. The molecule has 5 nitrogen and oxygen atoms in total. The minimum atomic E-state index is -4.40. The molecule has 0 atom stereocenters. The zero-order chi connectivity index (χ0) is 16.2. The first-order valence-corrected chi connectivity index (χ1v) is 6.51. The van der Waals surface area contributed by atoms with E-state index < -0.39 is 11.7 Å². The summed E-state index contributed by atoms with van der Waals surface area (Å²) in [6.07, 6.45) is 0.446. The van der Waals surface area contributed by atoms with Crippen molar-refractivity contribution in [3.8, 4) is 0 Å². The second kappa shape index (κ2) is 6.56. The van der Waals surface area contributed by atoms with Crippen LogP contribution in [0, 0.1) is 0 Å². The van der Waals surface area contributed by atoms with E-state index in [1.54, 1.807) is 24.1 Å². The molecule has 0 bridgehead atoms. The predicted molar refractivity (Wildman–Crippen MR) is 81.6 cm³/mol. The highest BCUT2D eigenvalue weighted by atomic mass is 32.1. The van der Waals surface area contributed by atoms with Gasteiger partial charge in [0.1, 0.15) is 0 Å². The number of nitrogens with zero attached hydrogens (tertiary/aromatic N) is 3. The van der Waals surface area contributed by atoms with Crippen molar-refractivity contribution >= 4 is 29.2 Å². The van der Waals surface area contributed by atoms with Gasteiger partial charge in [0.05, 0.1) is 18.0 Å². The van der Waals surface area contributed by atoms with E-state index in [1.165, 1.54) is 18.3 Å². The SMILES string of the molecule is Cn1cc(C=NNC(=S)Nc2cccc(C(F)(F)F)c2)cn1. The van der Waals surface area contributed by atoms with Crippen molar-refractivity contribution < 1.29 is 13.2 Å². The standard InChI is InChI=1S/C13H12F3N5S/c1-21-8-9(7-18-21)6-17-20-12(22)19-11-4-2-3-10(5-11)13(14,15)16/h2-8H,1H3,(H2,19,20,22). The summed E-state index contributed by atoms with van der Waals surface area (Å²) >= 11 is 4.96. The van der Waals surface area contributed by atoms with Crippen molar-refractivity contribution in [2.75, 3.05) is 5.32 Å². The van der Waals surface area contributed by atoms with Gasteiger partial charge in [0.2, 0.25) is 0 Å². The molecule has 2 N–H and O–H groups in total. The average molecular weight is 327 g/mol. The van der Waals surface area contributed by atoms with E-state index >= 15 is 0 Å². The second-order valence-corrected chi connectivity index (χ2v) is 4.76. The Kier molecular flexibility index (Phi) is 4.76. The number of rotatable bonds is 3. The Morgan fingerprint density at radius 2 is 2.18 bits per heavy atom. The van der Waals surface area contributed by atoms with E-state index in [0.717, 1.165) is 17.7 Å². The molecule has 0 aliphatic carbocycles. The van der Waals surface area contributed by atoms with Crippen LogP contribution >= 0.6 is 12.2 Å². The fourth-order valence-corrected chi connectivity index (χ4v) is 1.78. The maximum Gasteiger partial charge on any atom is 0.416 e. The fourth-order valence-electron chi connectivity index (χ4n) is 1.60. The highest BCUT2D eigenvalue weighted by Crippen LogP contribution is 2.30. The molecule has 116 valence electrons. The number of anilines is 1. The molecule has 0 aliphatic heterocycles. The third-order valence-electron chi connectivity index (χ3n) is 2.55. The van der Waals surface area contributed by atoms with Crippen molar-refractivity contribution in [1.82, 2.24) is 15.2 Å². The lowest BCUT2D eigenvalue weighted by Crippen LogP contribution is -2.24. The van der Waals surface area contributed by atoms with E-state index in [1.807, 2.05) is 0 Å². The third-order valence-corrected chi connectivity index (χ3v) is 2.75. The topological polar surface area (TPSA) is 54.2 Å². The van der Waals surface area contributed by atoms with Gasteiger partial charge in [0.15, 0.2) is 5.11 Å². The highest BCUT2D eigenvalue weighted by Gasteiger charge is 2.30. The molecule has 2 rings (SSSR count). The molecule has 0 fully saturated rings. The Balaban J connectivity index is 1.93. The molecule has 0 unspecified atom stereocenters. The molecule has 0 saturated heterocycles. The molecular formula is C13H12F3N5S. The molecule has 1 aromatic carbocycles. The van der Waals surface area contributed by atoms with Crippen LogP contribution in [-0.2, 0) is 13.2 Å². The number of benzene rings is 1. The minimum absolute atomic E-state index is 0.0828. The molecule has 0 radical (unpaired) electrons. The lowest BCUT2D eigenvalue weighted by Gasteiger charge is -2.10. The van der Waals surface area contributed by atoms with Gasteiger partial charge >= 0.3 is 6.18 Å². The van der Waals surface area contributed by atoms with Crippen LogP contribution < -0.4 is 10.7 Å². The molecule has 0 amide bonds. The summed E-state index contributed by atoms with van der Waals surface area (Å²) in [7, 11) is 1.77. The summed E-state index contributed by atoms with van der Waals surface area (Å²) < 4.78 is 39.4. The van der Waals surface area contributed by atoms with Gasteiger partial charge < -0.3 is 5.32 Å². The lowest BCUT2D eigenvalue weighted by atomic mass is 10.2. The monoisotopic (exact) mass is 327 g/mol. The summed E-state index contributed by atoms with van der Waals surface area (Å²) in [6.45, 7) is 0. The predicted octanol–water partition coefficient (Wildman–Crippen LogP) is 2.76. The fraction of sp³-hybridized carbons (Fsp3) is 0.154. The summed E-state index contributed by atoms with van der Waals surface area (Å²) in [5, 5.41) is 10.5. The largest absolute Gasteiger partial charge is 0.416 e. The first-order valence-electron chi connectivity index (χ1n) is 6.10. The van der Waals surface area contributed by atoms with E-state index in [9.17, 15) is 13.2 Å². The van der Waals surface area contributed by atoms with Crippen molar-refractivity contribution in [2.45, 2.75) is 6.18 Å². The van der Waals surface area contributed by atoms with Gasteiger partial charge in [0, 0.05) is 24.5 Å². The van der Waals surface area contributed by atoms with Crippen LogP contribution in [-0.4, -0.2) is 21.1 Å². The van der Waals surface area contributed by atoms with Crippen molar-refractivity contribution in [2.24, 2.45) is 12.1 Å². The van der Waals surface area contributed by atoms with E-state index in [0.29, 0.717) is 0 Å². The minimum Gasteiger partial charge on any atom is -0.331 e. The normalized spacial score (nSPS) is 11.6. The Hall–Kier alpha value is -2.42. The Labute approximate surface area is 129 Å². The van der Waals surface area contributed by atoms with Gasteiger partial charge in [-0.25, -0.2) is 0 Å². The second-order valence-electron chi connectivity index (χ2n) is 4.35. The van der Waals surface area contributed by atoms with Gasteiger partial charge in [0.25, 0.3) is 0 Å². The number of alkyl halides is 3. The van der Waals surface area contributed by atoms with Crippen LogP contribution in [0.2, 0.25) is 0 Å². The molecule has 0 saturated carbocycles. The quantitative estimate of drug-likeness (QED) is 0.517. The van der Waals surface area contributed by atoms with Gasteiger partial charge in [-0.15, -0.1) is 0 Å². The molecule has 0 spiro atoms. The summed E-state index contributed by atoms with van der Waals surface area (Å²) in [6, 6.07) is 4.74. The van der Waals surface area contributed by atoms with Crippen molar-refractivity contribution in [3.63, 3.8) is 0 Å². The Morgan fingerprint density at radius 3 is 2.82 bits per heavy atom. The number of aromatic nitrogens is 2. The maximum atomic E-state index is 12.6. The third kappa shape index (κ3) is 4.55. The number of hydrazone groups is 1. The molecule has 9 heteroatoms. The van der Waals surface area contributed by atoms with Crippen LogP contribution in [0.4, 0.5) is 18.9 Å². The van der Waals surface area contributed by atoms with Gasteiger partial charge in [-0.05, 0) is 30.4 Å². The molecule has 1 aromatic heterocycles. The smallest absolute Gasteiger partial charge is 0.331 e. The van der Waals surface area contributed by atoms with E-state index in [-0.39, 0.29) is 10.8 Å². The summed E-state index contributed by atoms with van der Waals surface area (Å²) in [5.41, 5.74) is 2.75.